The van der Waals surface area contributed by atoms with Crippen molar-refractivity contribution in [2.24, 2.45) is 0 Å². The molecule has 0 spiro atoms. The van der Waals surface area contributed by atoms with Crippen molar-refractivity contribution >= 4 is 29.1 Å². The third-order valence-electron chi connectivity index (χ3n) is 10.5. The van der Waals surface area contributed by atoms with Crippen molar-refractivity contribution in [1.29, 1.82) is 0 Å². The number of piperidine rings is 1. The first-order chi connectivity index (χ1) is 25.4. The first-order valence-electron chi connectivity index (χ1n) is 18.6. The van der Waals surface area contributed by atoms with E-state index in [-0.39, 0.29) is 23.8 Å². The minimum absolute atomic E-state index is 0.0430. The molecule has 3 heterocycles. The molecule has 0 radical (unpaired) electrons. The molecule has 2 saturated heterocycles. The number of amides is 3. The summed E-state index contributed by atoms with van der Waals surface area (Å²) in [5, 5.41) is 6.37. The van der Waals surface area contributed by atoms with Gasteiger partial charge in [-0.1, -0.05) is 30.3 Å². The second-order valence-electron chi connectivity index (χ2n) is 14.0. The fraction of sp³-hybridized carbons (Fsp3) is 0.381. The molecule has 2 fully saturated rings. The number of hydrogen-bond acceptors (Lipinski definition) is 7. The zero-order valence-corrected chi connectivity index (χ0v) is 30.0. The lowest BCUT2D eigenvalue weighted by atomic mass is 9.87. The Morgan fingerprint density at radius 1 is 0.827 bits per heavy atom. The van der Waals surface area contributed by atoms with Crippen LogP contribution in [0.1, 0.15) is 80.3 Å². The number of carbonyl (C=O) groups excluding carboxylic acids is 3. The van der Waals surface area contributed by atoms with E-state index >= 15 is 0 Å². The highest BCUT2D eigenvalue weighted by Gasteiger charge is 2.23. The number of carbonyl (C=O) groups is 3. The number of pyridine rings is 1. The van der Waals surface area contributed by atoms with Crippen molar-refractivity contribution in [3.05, 3.63) is 113 Å². The van der Waals surface area contributed by atoms with E-state index in [0.29, 0.717) is 47.8 Å². The van der Waals surface area contributed by atoms with E-state index in [1.165, 1.54) is 17.5 Å². The second-order valence-corrected chi connectivity index (χ2v) is 14.0. The van der Waals surface area contributed by atoms with Crippen molar-refractivity contribution in [3.8, 4) is 11.3 Å². The van der Waals surface area contributed by atoms with Crippen LogP contribution in [-0.2, 0) is 11.2 Å². The molecular formula is C42H48N6O4. The van der Waals surface area contributed by atoms with Gasteiger partial charge in [0.15, 0.2) is 0 Å². The molecule has 3 aliphatic rings. The third kappa shape index (κ3) is 8.35. The molecule has 3 aromatic carbocycles. The highest BCUT2D eigenvalue weighted by Crippen LogP contribution is 2.34. The molecular weight excluding hydrogens is 652 g/mol. The Bertz CT molecular complexity index is 1900. The summed E-state index contributed by atoms with van der Waals surface area (Å²) in [4.78, 5) is 51.9. The van der Waals surface area contributed by atoms with Crippen LogP contribution in [0.3, 0.4) is 0 Å². The van der Waals surface area contributed by atoms with Gasteiger partial charge in [0.05, 0.1) is 30.6 Å². The molecule has 270 valence electrons. The van der Waals surface area contributed by atoms with E-state index in [1.54, 1.807) is 54.5 Å². The van der Waals surface area contributed by atoms with Crippen molar-refractivity contribution in [1.82, 2.24) is 20.1 Å². The highest BCUT2D eigenvalue weighted by atomic mass is 16.5. The molecule has 1 atom stereocenters. The van der Waals surface area contributed by atoms with Crippen LogP contribution in [0.4, 0.5) is 11.4 Å². The van der Waals surface area contributed by atoms with Crippen LogP contribution in [0, 0.1) is 0 Å². The van der Waals surface area contributed by atoms with Gasteiger partial charge in [0.1, 0.15) is 0 Å². The number of aryl methyl sites for hydroxylation is 1. The number of rotatable bonds is 10. The van der Waals surface area contributed by atoms with E-state index in [0.717, 1.165) is 76.1 Å². The average molecular weight is 701 g/mol. The fourth-order valence-corrected chi connectivity index (χ4v) is 7.49. The van der Waals surface area contributed by atoms with E-state index in [1.807, 2.05) is 18.2 Å². The standard InChI is InChI=1S/C42H48N6O4/c1-46(21-22-47-23-25-52-26-24-47)42(51)33-12-7-11-31(27-33)40(49)45-38-16-15-34(48-19-5-2-6-20-48)29-36(38)39-28-32(17-18-43-39)41(50)44-37-14-8-10-30-9-3-4-13-35(30)37/h3-4,7,9,11-13,15-18,27-29,37H,2,5-6,8,10,14,19-26H2,1H3,(H,44,50)(H,45,49)/t37-/m1/s1. The summed E-state index contributed by atoms with van der Waals surface area (Å²) in [6.45, 7) is 6.43. The Balaban J connectivity index is 1.11. The number of benzene rings is 3. The van der Waals surface area contributed by atoms with Crippen molar-refractivity contribution in [2.75, 3.05) is 69.7 Å². The van der Waals surface area contributed by atoms with E-state index < -0.39 is 0 Å². The minimum atomic E-state index is -0.331. The van der Waals surface area contributed by atoms with Crippen LogP contribution in [0.25, 0.3) is 11.3 Å². The molecule has 2 aliphatic heterocycles. The number of nitrogens with one attached hydrogen (secondary N) is 2. The normalized spacial score (nSPS) is 17.6. The van der Waals surface area contributed by atoms with Crippen molar-refractivity contribution in [3.63, 3.8) is 0 Å². The van der Waals surface area contributed by atoms with Gasteiger partial charge < -0.3 is 25.2 Å². The summed E-state index contributed by atoms with van der Waals surface area (Å²) in [5.74, 6) is -0.618. The zero-order chi connectivity index (χ0) is 35.9. The maximum atomic E-state index is 13.8. The predicted molar refractivity (Wildman–Crippen MR) is 204 cm³/mol. The average Bonchev–Trinajstić information content (AvgIpc) is 3.20. The number of anilines is 2. The van der Waals surface area contributed by atoms with E-state index in [2.05, 4.69) is 44.7 Å². The maximum Gasteiger partial charge on any atom is 0.255 e. The third-order valence-corrected chi connectivity index (χ3v) is 10.5. The molecule has 10 nitrogen and oxygen atoms in total. The van der Waals surface area contributed by atoms with Gasteiger partial charge in [-0.2, -0.15) is 0 Å². The number of ether oxygens (including phenoxy) is 1. The Morgan fingerprint density at radius 2 is 1.62 bits per heavy atom. The zero-order valence-electron chi connectivity index (χ0n) is 30.0. The number of hydrogen-bond donors (Lipinski definition) is 2. The van der Waals surface area contributed by atoms with Crippen LogP contribution in [0.2, 0.25) is 0 Å². The van der Waals surface area contributed by atoms with Gasteiger partial charge in [0, 0.05) is 80.5 Å². The molecule has 1 aliphatic carbocycles. The molecule has 0 unspecified atom stereocenters. The van der Waals surface area contributed by atoms with Gasteiger partial charge in [-0.05, 0) is 98.2 Å². The smallest absolute Gasteiger partial charge is 0.255 e. The minimum Gasteiger partial charge on any atom is -0.379 e. The van der Waals surface area contributed by atoms with Crippen LogP contribution in [0.15, 0.2) is 85.1 Å². The topological polar surface area (TPSA) is 107 Å². The number of fused-ring (bicyclic) bond motifs is 1. The highest BCUT2D eigenvalue weighted by molar-refractivity contribution is 6.08. The molecule has 4 aromatic rings. The van der Waals surface area contributed by atoms with Crippen molar-refractivity contribution < 1.29 is 19.1 Å². The first-order valence-corrected chi connectivity index (χ1v) is 18.6. The van der Waals surface area contributed by atoms with Crippen LogP contribution >= 0.6 is 0 Å². The number of morpholine rings is 1. The summed E-state index contributed by atoms with van der Waals surface area (Å²) in [6.07, 6.45) is 8.07. The number of nitrogens with zero attached hydrogens (tertiary/aromatic N) is 4. The summed E-state index contributed by atoms with van der Waals surface area (Å²) in [7, 11) is 1.79. The Hall–Kier alpha value is -5.06. The van der Waals surface area contributed by atoms with Crippen LogP contribution < -0.4 is 15.5 Å². The monoisotopic (exact) mass is 700 g/mol. The molecule has 0 saturated carbocycles. The number of aromatic nitrogens is 1. The molecule has 10 heteroatoms. The van der Waals surface area contributed by atoms with Gasteiger partial charge in [0.25, 0.3) is 17.7 Å². The number of likely N-dealkylation sites (N-methyl/N-ethyl adjacent to an activating group) is 1. The molecule has 2 N–H and O–H groups in total. The van der Waals surface area contributed by atoms with E-state index in [4.69, 9.17) is 9.72 Å². The van der Waals surface area contributed by atoms with Crippen LogP contribution in [0.5, 0.6) is 0 Å². The Labute approximate surface area is 306 Å². The Kier molecular flexibility index (Phi) is 11.2. The van der Waals surface area contributed by atoms with Gasteiger partial charge in [-0.25, -0.2) is 0 Å². The maximum absolute atomic E-state index is 13.8. The molecule has 0 bridgehead atoms. The van der Waals surface area contributed by atoms with Gasteiger partial charge in [-0.15, -0.1) is 0 Å². The molecule has 52 heavy (non-hydrogen) atoms. The predicted octanol–water partition coefficient (Wildman–Crippen LogP) is 6.20. The largest absolute Gasteiger partial charge is 0.379 e. The van der Waals surface area contributed by atoms with E-state index in [9.17, 15) is 14.4 Å². The van der Waals surface area contributed by atoms with Gasteiger partial charge in [-0.3, -0.25) is 24.3 Å². The summed E-state index contributed by atoms with van der Waals surface area (Å²) in [5.41, 5.74) is 6.77. The summed E-state index contributed by atoms with van der Waals surface area (Å²) in [6, 6.07) is 24.7. The second kappa shape index (κ2) is 16.5. The quantitative estimate of drug-likeness (QED) is 0.203. The first kappa shape index (κ1) is 35.3. The SMILES string of the molecule is CN(CCN1CCOCC1)C(=O)c1cccc(C(=O)Nc2ccc(N3CCCCC3)cc2-c2cc(C(=O)N[C@@H]3CCCc4ccccc43)ccn2)c1. The summed E-state index contributed by atoms with van der Waals surface area (Å²) < 4.78 is 5.44. The molecule has 1 aromatic heterocycles. The molecule has 7 rings (SSSR count). The van der Waals surface area contributed by atoms with Crippen molar-refractivity contribution in [2.45, 2.75) is 44.6 Å². The summed E-state index contributed by atoms with van der Waals surface area (Å²) >= 11 is 0. The van der Waals surface area contributed by atoms with Gasteiger partial charge in [0.2, 0.25) is 0 Å². The van der Waals surface area contributed by atoms with Gasteiger partial charge >= 0.3 is 0 Å². The van der Waals surface area contributed by atoms with Crippen LogP contribution in [-0.4, -0.2) is 92.0 Å². The lowest BCUT2D eigenvalue weighted by Gasteiger charge is -2.29. The lowest BCUT2D eigenvalue weighted by Crippen LogP contribution is -2.41. The Morgan fingerprint density at radius 3 is 2.46 bits per heavy atom. The fourth-order valence-electron chi connectivity index (χ4n) is 7.49. The molecule has 3 amide bonds. The lowest BCUT2D eigenvalue weighted by molar-refractivity contribution is 0.0338.